The number of aromatic nitrogens is 3. The van der Waals surface area contributed by atoms with Gasteiger partial charge in [-0.15, -0.1) is 11.3 Å². The lowest BCUT2D eigenvalue weighted by Gasteiger charge is -2.05. The number of hydrogen-bond acceptors (Lipinski definition) is 6. The molecule has 1 N–H and O–H groups in total. The Kier molecular flexibility index (Phi) is 4.54. The first kappa shape index (κ1) is 13.3. The molecule has 96 valence electrons. The highest BCUT2D eigenvalue weighted by atomic mass is 32.2. The van der Waals surface area contributed by atoms with E-state index in [-0.39, 0.29) is 0 Å². The van der Waals surface area contributed by atoms with Crippen LogP contribution >= 0.6 is 23.1 Å². The molecule has 0 aliphatic rings. The van der Waals surface area contributed by atoms with Gasteiger partial charge < -0.3 is 5.32 Å². The summed E-state index contributed by atoms with van der Waals surface area (Å²) in [6, 6.07) is 1.98. The number of hydrogen-bond donors (Lipinski definition) is 1. The van der Waals surface area contributed by atoms with Gasteiger partial charge >= 0.3 is 0 Å². The molecule has 0 fully saturated rings. The molecule has 0 saturated heterocycles. The molecule has 2 heterocycles. The van der Waals surface area contributed by atoms with Gasteiger partial charge in [-0.1, -0.05) is 6.92 Å². The number of aryl methyl sites for hydroxylation is 2. The van der Waals surface area contributed by atoms with Crippen LogP contribution in [-0.4, -0.2) is 21.5 Å². The van der Waals surface area contributed by atoms with Crippen molar-refractivity contribution in [3.63, 3.8) is 0 Å². The highest BCUT2D eigenvalue weighted by Crippen LogP contribution is 2.29. The van der Waals surface area contributed by atoms with Crippen LogP contribution in [-0.2, 0) is 0 Å². The zero-order valence-corrected chi connectivity index (χ0v) is 12.4. The van der Waals surface area contributed by atoms with Crippen molar-refractivity contribution < 1.29 is 0 Å². The van der Waals surface area contributed by atoms with Gasteiger partial charge in [0, 0.05) is 23.3 Å². The Morgan fingerprint density at radius 3 is 2.72 bits per heavy atom. The topological polar surface area (TPSA) is 50.7 Å². The summed E-state index contributed by atoms with van der Waals surface area (Å²) in [6.07, 6.45) is 1.06. The molecule has 0 spiro atoms. The van der Waals surface area contributed by atoms with Crippen LogP contribution < -0.4 is 5.32 Å². The molecule has 2 aromatic heterocycles. The third kappa shape index (κ3) is 3.68. The highest BCUT2D eigenvalue weighted by Gasteiger charge is 2.06. The van der Waals surface area contributed by atoms with Crippen LogP contribution in [0.1, 0.15) is 24.7 Å². The maximum Gasteiger partial charge on any atom is 0.223 e. The summed E-state index contributed by atoms with van der Waals surface area (Å²) in [7, 11) is 0. The minimum absolute atomic E-state index is 0.702. The molecule has 4 nitrogen and oxygen atoms in total. The van der Waals surface area contributed by atoms with Crippen molar-refractivity contribution in [2.75, 3.05) is 11.9 Å². The summed E-state index contributed by atoms with van der Waals surface area (Å²) >= 11 is 3.23. The zero-order valence-electron chi connectivity index (χ0n) is 10.7. The fraction of sp³-hybridized carbons (Fsp3) is 0.417. The van der Waals surface area contributed by atoms with Gasteiger partial charge in [0.15, 0.2) is 4.34 Å². The van der Waals surface area contributed by atoms with E-state index in [0.717, 1.165) is 33.7 Å². The second kappa shape index (κ2) is 6.15. The van der Waals surface area contributed by atoms with Crippen molar-refractivity contribution in [2.45, 2.75) is 36.6 Å². The van der Waals surface area contributed by atoms with Gasteiger partial charge in [0.25, 0.3) is 0 Å². The van der Waals surface area contributed by atoms with E-state index in [1.165, 1.54) is 0 Å². The molecule has 18 heavy (non-hydrogen) atoms. The summed E-state index contributed by atoms with van der Waals surface area (Å²) < 4.78 is 1.02. The monoisotopic (exact) mass is 280 g/mol. The first-order chi connectivity index (χ1) is 8.67. The standard InChI is InChI=1S/C12H16N4S2/c1-4-5-13-11-14-8(2)6-10(16-11)18-12-15-9(3)7-17-12/h6-7H,4-5H2,1-3H3,(H,13,14,16). The molecular weight excluding hydrogens is 264 g/mol. The lowest BCUT2D eigenvalue weighted by Crippen LogP contribution is -2.05. The van der Waals surface area contributed by atoms with Crippen LogP contribution in [0.4, 0.5) is 5.95 Å². The Hall–Kier alpha value is -1.14. The summed E-state index contributed by atoms with van der Waals surface area (Å²) in [6.45, 7) is 7.00. The number of rotatable bonds is 5. The van der Waals surface area contributed by atoms with E-state index in [1.54, 1.807) is 23.1 Å². The smallest absolute Gasteiger partial charge is 0.223 e. The first-order valence-electron chi connectivity index (χ1n) is 5.87. The van der Waals surface area contributed by atoms with Crippen LogP contribution in [0.3, 0.4) is 0 Å². The van der Waals surface area contributed by atoms with Gasteiger partial charge in [-0.3, -0.25) is 0 Å². The van der Waals surface area contributed by atoms with E-state index in [4.69, 9.17) is 0 Å². The molecule has 0 unspecified atom stereocenters. The maximum atomic E-state index is 4.48. The Morgan fingerprint density at radius 2 is 2.06 bits per heavy atom. The quantitative estimate of drug-likeness (QED) is 0.849. The lowest BCUT2D eigenvalue weighted by molar-refractivity contribution is 0.924. The number of anilines is 1. The van der Waals surface area contributed by atoms with Crippen molar-refractivity contribution >= 4 is 29.0 Å². The third-order valence-corrected chi connectivity index (χ3v) is 4.13. The van der Waals surface area contributed by atoms with E-state index < -0.39 is 0 Å². The zero-order chi connectivity index (χ0) is 13.0. The van der Waals surface area contributed by atoms with Crippen LogP contribution in [0, 0.1) is 13.8 Å². The summed E-state index contributed by atoms with van der Waals surface area (Å²) in [5, 5.41) is 6.20. The summed E-state index contributed by atoms with van der Waals surface area (Å²) in [5.41, 5.74) is 2.02. The van der Waals surface area contributed by atoms with Gasteiger partial charge in [-0.05, 0) is 38.1 Å². The van der Waals surface area contributed by atoms with Crippen molar-refractivity contribution in [3.8, 4) is 0 Å². The molecular formula is C12H16N4S2. The molecule has 0 aromatic carbocycles. The van der Waals surface area contributed by atoms with E-state index in [0.29, 0.717) is 5.95 Å². The molecule has 0 amide bonds. The fourth-order valence-electron chi connectivity index (χ4n) is 1.38. The van der Waals surface area contributed by atoms with Crippen LogP contribution in [0.5, 0.6) is 0 Å². The number of nitrogens with one attached hydrogen (secondary N) is 1. The Balaban J connectivity index is 2.14. The van der Waals surface area contributed by atoms with E-state index in [1.807, 2.05) is 25.3 Å². The maximum absolute atomic E-state index is 4.48. The van der Waals surface area contributed by atoms with Crippen molar-refractivity contribution in [1.29, 1.82) is 0 Å². The molecule has 0 radical (unpaired) electrons. The van der Waals surface area contributed by atoms with Crippen molar-refractivity contribution in [1.82, 2.24) is 15.0 Å². The van der Waals surface area contributed by atoms with E-state index >= 15 is 0 Å². The second-order valence-electron chi connectivity index (χ2n) is 3.95. The van der Waals surface area contributed by atoms with E-state index in [9.17, 15) is 0 Å². The second-order valence-corrected chi connectivity index (χ2v) is 6.08. The third-order valence-electron chi connectivity index (χ3n) is 2.15. The molecule has 0 saturated carbocycles. The minimum Gasteiger partial charge on any atom is -0.354 e. The average Bonchev–Trinajstić information content (AvgIpc) is 2.71. The van der Waals surface area contributed by atoms with Crippen LogP contribution in [0.2, 0.25) is 0 Å². The Labute approximate surface area is 115 Å². The molecule has 6 heteroatoms. The van der Waals surface area contributed by atoms with Gasteiger partial charge in [-0.2, -0.15) is 0 Å². The Morgan fingerprint density at radius 1 is 1.22 bits per heavy atom. The number of thiazole rings is 1. The van der Waals surface area contributed by atoms with Gasteiger partial charge in [-0.25, -0.2) is 15.0 Å². The molecule has 2 rings (SSSR count). The lowest BCUT2D eigenvalue weighted by atomic mass is 10.4. The molecule has 0 atom stereocenters. The molecule has 0 aliphatic heterocycles. The van der Waals surface area contributed by atoms with Crippen LogP contribution in [0.15, 0.2) is 20.8 Å². The molecule has 2 aromatic rings. The number of nitrogens with zero attached hydrogens (tertiary/aromatic N) is 3. The van der Waals surface area contributed by atoms with Crippen molar-refractivity contribution in [3.05, 3.63) is 22.8 Å². The highest BCUT2D eigenvalue weighted by molar-refractivity contribution is 8.01. The Bertz CT molecular complexity index is 525. The van der Waals surface area contributed by atoms with Gasteiger partial charge in [0.2, 0.25) is 5.95 Å². The van der Waals surface area contributed by atoms with Gasteiger partial charge in [0.1, 0.15) is 5.03 Å². The molecule has 0 bridgehead atoms. The summed E-state index contributed by atoms with van der Waals surface area (Å²) in [4.78, 5) is 13.3. The van der Waals surface area contributed by atoms with E-state index in [2.05, 4.69) is 27.2 Å². The largest absolute Gasteiger partial charge is 0.354 e. The predicted octanol–water partition coefficient (Wildman–Crippen LogP) is 3.52. The fourth-order valence-corrected chi connectivity index (χ4v) is 3.22. The SMILES string of the molecule is CCCNc1nc(C)cc(Sc2nc(C)cs2)n1. The van der Waals surface area contributed by atoms with Crippen molar-refractivity contribution in [2.24, 2.45) is 0 Å². The first-order valence-corrected chi connectivity index (χ1v) is 7.56. The van der Waals surface area contributed by atoms with Crippen LogP contribution in [0.25, 0.3) is 0 Å². The normalized spacial score (nSPS) is 10.6. The minimum atomic E-state index is 0.702. The predicted molar refractivity (Wildman–Crippen MR) is 76.5 cm³/mol. The summed E-state index contributed by atoms with van der Waals surface area (Å²) in [5.74, 6) is 0.702. The van der Waals surface area contributed by atoms with Gasteiger partial charge in [0.05, 0.1) is 0 Å². The molecule has 0 aliphatic carbocycles. The average molecular weight is 280 g/mol.